The van der Waals surface area contributed by atoms with Crippen LogP contribution >= 0.6 is 23.5 Å². The van der Waals surface area contributed by atoms with Crippen molar-refractivity contribution < 1.29 is 160 Å². The van der Waals surface area contributed by atoms with E-state index < -0.39 is 58.4 Å². The molecule has 10 aliphatic heterocycles. The molecular formula is C61H64Ac2N6O15S2. The summed E-state index contributed by atoms with van der Waals surface area (Å²) >= 11 is 2.62. The van der Waals surface area contributed by atoms with Crippen molar-refractivity contribution in [2.24, 2.45) is 0 Å². The molecule has 10 heterocycles. The van der Waals surface area contributed by atoms with Gasteiger partial charge in [-0.05, 0) is 102 Å². The summed E-state index contributed by atoms with van der Waals surface area (Å²) in [7, 11) is 7.07. The number of nitrogens with zero attached hydrogens (tertiary/aromatic N) is 6. The number of methoxy groups -OCH3 is 2. The minimum atomic E-state index is -0.916. The van der Waals surface area contributed by atoms with Gasteiger partial charge in [0.2, 0.25) is 25.1 Å². The van der Waals surface area contributed by atoms with Crippen molar-refractivity contribution in [3.05, 3.63) is 101 Å². The maximum absolute atomic E-state index is 13.1. The van der Waals surface area contributed by atoms with Gasteiger partial charge in [0, 0.05) is 169 Å². The van der Waals surface area contributed by atoms with Crippen molar-refractivity contribution in [1.82, 2.24) is 19.6 Å². The van der Waals surface area contributed by atoms with E-state index in [0.29, 0.717) is 69.2 Å². The maximum Gasteiger partial charge on any atom is 0.375 e. The number of esters is 2. The van der Waals surface area contributed by atoms with Gasteiger partial charge in [-0.3, -0.25) is 24.4 Å². The molecule has 14 rings (SSSR count). The third kappa shape index (κ3) is 9.38. The van der Waals surface area contributed by atoms with Crippen LogP contribution in [0.15, 0.2) is 23.3 Å². The van der Waals surface area contributed by atoms with Crippen molar-refractivity contribution in [2.45, 2.75) is 125 Å². The fourth-order valence-corrected chi connectivity index (χ4v) is 18.0. The number of piperazine rings is 2. The molecule has 2 unspecified atom stereocenters. The number of aryl methyl sites for hydroxylation is 2. The van der Waals surface area contributed by atoms with Gasteiger partial charge < -0.3 is 58.0 Å². The van der Waals surface area contributed by atoms with Gasteiger partial charge in [0.25, 0.3) is 0 Å². The number of cyclic esters (lactones) is 2. The predicted octanol–water partition coefficient (Wildman–Crippen LogP) is 6.96. The smallest absolute Gasteiger partial charge is 0.375 e. The normalized spacial score (nSPS) is 29.5. The van der Waals surface area contributed by atoms with Gasteiger partial charge in [-0.2, -0.15) is 10.5 Å². The number of benzene rings is 4. The van der Waals surface area contributed by atoms with Crippen LogP contribution in [0.3, 0.4) is 0 Å². The molecule has 0 amide bonds. The number of hydrogen-bond donors (Lipinski definition) is 3. The van der Waals surface area contributed by atoms with Crippen LogP contribution in [-0.2, 0) is 46.2 Å². The Kier molecular flexibility index (Phi) is 17.8. The Hall–Kier alpha value is -4.21. The number of thioether (sulfide) groups is 2. The molecule has 0 aliphatic carbocycles. The van der Waals surface area contributed by atoms with E-state index in [-0.39, 0.29) is 181 Å². The summed E-state index contributed by atoms with van der Waals surface area (Å²) < 4.78 is 52.1. The number of phenolic OH excluding ortho intramolecular Hbond substituents is 3. The van der Waals surface area contributed by atoms with E-state index in [0.717, 1.165) is 50.3 Å². The average molecular weight is 1640 g/mol. The molecular weight excluding hydrogens is 1570 g/mol. The topological polar surface area (TPSA) is 256 Å². The number of likely N-dealkylation sites (N-methyl/N-ethyl adjacent to an activating group) is 2. The number of hydrogen-bond acceptors (Lipinski definition) is 23. The summed E-state index contributed by atoms with van der Waals surface area (Å²) in [4.78, 5) is 47.2. The van der Waals surface area contributed by atoms with Gasteiger partial charge in [0.1, 0.15) is 48.3 Å². The van der Waals surface area contributed by atoms with Crippen molar-refractivity contribution >= 4 is 41.2 Å². The predicted molar refractivity (Wildman–Crippen MR) is 303 cm³/mol. The van der Waals surface area contributed by atoms with E-state index in [2.05, 4.69) is 64.8 Å². The second-order valence-electron chi connectivity index (χ2n) is 23.2. The Labute approximate surface area is 577 Å². The first-order valence-corrected chi connectivity index (χ1v) is 29.9. The van der Waals surface area contributed by atoms with Gasteiger partial charge in [-0.1, -0.05) is 12.1 Å². The van der Waals surface area contributed by atoms with Crippen LogP contribution < -0.4 is 23.7 Å². The van der Waals surface area contributed by atoms with Crippen molar-refractivity contribution in [3.8, 4) is 58.1 Å². The second kappa shape index (κ2) is 24.2. The number of aromatic hydroxyl groups is 3. The monoisotopic (exact) mass is 1640 g/mol. The first-order valence-electron chi connectivity index (χ1n) is 27.9. The van der Waals surface area contributed by atoms with Crippen molar-refractivity contribution in [1.29, 1.82) is 10.5 Å². The van der Waals surface area contributed by atoms with Crippen LogP contribution in [0.5, 0.6) is 46.0 Å². The molecule has 2 radical (unpaired) electrons. The standard InChI is InChI=1S/C32H35N3O8S.C29H29N3O7S.2Ac/c1-14-7-17-8-18-19(9-33)35-20-10-40-32(37)21(39-6)11-44-31(24-23(20)30-29(42-13-43-30)16(3)27(24)36)26(35)25(34(18)4)22(17)28(15(14)2)41-12-38-5;1-11-5-14-6-15-16(7-30)32-17-8-37-29(36)18(33)9-40-28(23(32)22(31(15)4)19(14)24(34)12(11)2)21-20(17)27-26(38-10-39-27)13(3)25(21)35;;/h7,11,18-20,25-26,31,36H,8,10,12-13H2,1-6H3;5,15-17,22-23,28,34-35H,6,8-10H2,1-4H3;;/b21-11+;;;/t18-,19-,20-,25+,26?,31+;15-,16-,17-,22+,23?,28+;;/m00../s1. The Balaban J connectivity index is 0.000000175. The van der Waals surface area contributed by atoms with Gasteiger partial charge in [-0.15, -0.1) is 23.5 Å². The summed E-state index contributed by atoms with van der Waals surface area (Å²) in [5, 5.41) is 57.3. The minimum absolute atomic E-state index is 0. The Morgan fingerprint density at radius 3 is 1.63 bits per heavy atom. The minimum Gasteiger partial charge on any atom is -0.507 e. The molecule has 12 atom stereocenters. The molecule has 25 heteroatoms. The molecule has 0 aromatic heterocycles. The van der Waals surface area contributed by atoms with Crippen LogP contribution in [-0.4, -0.2) is 157 Å². The number of carbonyl (C=O) groups is 3. The number of phenols is 3. The van der Waals surface area contributed by atoms with Crippen LogP contribution in [0.2, 0.25) is 0 Å². The third-order valence-electron chi connectivity index (χ3n) is 19.4. The number of ketones is 1. The molecule has 0 spiro atoms. The molecule has 86 heavy (non-hydrogen) atoms. The van der Waals surface area contributed by atoms with E-state index in [1.54, 1.807) is 19.4 Å². The summed E-state index contributed by atoms with van der Waals surface area (Å²) in [5.41, 5.74) is 11.6. The quantitative estimate of drug-likeness (QED) is 0.106. The number of Topliss-reactive ketones (excluding diaryl/α,β-unsaturated/α-hetero) is 1. The van der Waals surface area contributed by atoms with Crippen LogP contribution in [0.4, 0.5) is 0 Å². The zero-order valence-electron chi connectivity index (χ0n) is 49.2. The van der Waals surface area contributed by atoms with Gasteiger partial charge in [0.15, 0.2) is 29.8 Å². The molecule has 4 aromatic carbocycles. The van der Waals surface area contributed by atoms with E-state index in [1.807, 2.05) is 27.8 Å². The first kappa shape index (κ1) is 63.4. The fraction of sp³-hybridized carbons (Fsp3) is 0.492. The van der Waals surface area contributed by atoms with Gasteiger partial charge in [-0.25, -0.2) is 9.59 Å². The summed E-state index contributed by atoms with van der Waals surface area (Å²) in [6, 6.07) is 5.25. The molecule has 8 bridgehead atoms. The van der Waals surface area contributed by atoms with E-state index in [9.17, 15) is 40.2 Å². The second-order valence-corrected chi connectivity index (χ2v) is 25.3. The number of carbonyl (C=O) groups excluding carboxylic acids is 3. The number of fused-ring (bicyclic) bond motifs is 18. The zero-order valence-corrected chi connectivity index (χ0v) is 60.3. The largest absolute Gasteiger partial charge is 0.507 e. The number of nitriles is 2. The Bertz CT molecular complexity index is 3670. The van der Waals surface area contributed by atoms with Gasteiger partial charge >= 0.3 is 11.9 Å². The van der Waals surface area contributed by atoms with Crippen molar-refractivity contribution in [2.75, 3.05) is 67.7 Å². The van der Waals surface area contributed by atoms with Crippen LogP contribution in [0.25, 0.3) is 0 Å². The maximum atomic E-state index is 13.1. The van der Waals surface area contributed by atoms with Crippen molar-refractivity contribution in [3.63, 3.8) is 0 Å². The number of ether oxygens (including phenoxy) is 9. The SMILES string of the molecule is COCOc1c(C)c(C)cc2c1[C@@H]1C3[C@@H]4S/C=C(/OC)C(=O)OC[C@@H](c5c6c(c(C)c(O)c54)OCO6)N3[C@@H](C#N)[C@H](C2)N1C.Cc1cc2c(c(O)c1C)[C@@H]1C3[C@@H]4SCC(=O)C(=O)OC[C@@H](c5c6c(c(C)c(O)c54)OCO6)N3[C@@H](C#N)[C@H](C2)N1C.[Ac].[Ac]. The molecule has 10 aliphatic rings. The molecule has 0 saturated carbocycles. The van der Waals surface area contributed by atoms with E-state index >= 15 is 0 Å². The molecule has 3 N–H and O–H groups in total. The first-order chi connectivity index (χ1) is 40.4. The molecule has 446 valence electrons. The Morgan fingerprint density at radius 1 is 0.616 bits per heavy atom. The molecule has 3 fully saturated rings. The Morgan fingerprint density at radius 2 is 1.09 bits per heavy atom. The van der Waals surface area contributed by atoms with Crippen LogP contribution in [0, 0.1) is 152 Å². The molecule has 4 aromatic rings. The van der Waals surface area contributed by atoms with E-state index in [1.165, 1.54) is 30.6 Å². The van der Waals surface area contributed by atoms with Gasteiger partial charge in [0.05, 0.1) is 59.7 Å². The summed E-state index contributed by atoms with van der Waals surface area (Å²) in [5.74, 6) is 0.801. The summed E-state index contributed by atoms with van der Waals surface area (Å²) in [6.07, 6.45) is 1.20. The molecule has 3 saturated heterocycles. The van der Waals surface area contributed by atoms with Crippen LogP contribution in [0.1, 0.15) is 113 Å². The van der Waals surface area contributed by atoms with E-state index in [4.69, 9.17) is 42.6 Å². The third-order valence-corrected chi connectivity index (χ3v) is 21.9. The summed E-state index contributed by atoms with van der Waals surface area (Å²) in [6.45, 7) is 11.4. The fourth-order valence-electron chi connectivity index (χ4n) is 15.3. The molecule has 21 nitrogen and oxygen atoms in total. The zero-order chi connectivity index (χ0) is 59.2. The average Bonchev–Trinajstić information content (AvgIpc) is 0.849. The number of rotatable bonds is 4.